The molecule has 4 nitrogen and oxygen atoms in total. The largest absolute Gasteiger partial charge is 0.480 e. The molecule has 1 heterocycles. The summed E-state index contributed by atoms with van der Waals surface area (Å²) in [5.74, 6) is 0.398. The van der Waals surface area contributed by atoms with Gasteiger partial charge in [0.2, 0.25) is 5.88 Å². The summed E-state index contributed by atoms with van der Waals surface area (Å²) in [5.41, 5.74) is 0. The van der Waals surface area contributed by atoms with Gasteiger partial charge >= 0.3 is 0 Å². The summed E-state index contributed by atoms with van der Waals surface area (Å²) in [6.45, 7) is 1.84. The first-order chi connectivity index (χ1) is 6.60. The van der Waals surface area contributed by atoms with Crippen molar-refractivity contribution in [2.45, 2.75) is 12.8 Å². The van der Waals surface area contributed by atoms with E-state index in [-0.39, 0.29) is 5.92 Å². The molecule has 0 aromatic carbocycles. The lowest BCUT2D eigenvalue weighted by atomic mass is 10.2. The van der Waals surface area contributed by atoms with Gasteiger partial charge in [-0.2, -0.15) is 4.98 Å². The summed E-state index contributed by atoms with van der Waals surface area (Å²) in [7, 11) is 5.39. The predicted molar refractivity (Wildman–Crippen MR) is 57.5 cm³/mol. The van der Waals surface area contributed by atoms with E-state index in [4.69, 9.17) is 4.74 Å². The molecule has 1 aromatic heterocycles. The molecule has 0 N–H and O–H groups in total. The maximum absolute atomic E-state index is 10.7. The second-order valence-electron chi connectivity index (χ2n) is 3.19. The first-order valence-corrected chi connectivity index (χ1v) is 5.09. The highest BCUT2D eigenvalue weighted by Crippen LogP contribution is 2.35. The molecule has 0 aliphatic rings. The molecule has 0 amide bonds. The van der Waals surface area contributed by atoms with Crippen molar-refractivity contribution in [3.8, 4) is 5.88 Å². The number of hydrogen-bond donors (Lipinski definition) is 0. The quantitative estimate of drug-likeness (QED) is 0.713. The minimum Gasteiger partial charge on any atom is -0.480 e. The molecule has 5 heteroatoms. The molecule has 78 valence electrons. The van der Waals surface area contributed by atoms with Crippen LogP contribution in [0.2, 0.25) is 0 Å². The van der Waals surface area contributed by atoms with E-state index in [1.807, 2.05) is 25.9 Å². The highest BCUT2D eigenvalue weighted by Gasteiger charge is 2.17. The van der Waals surface area contributed by atoms with Crippen molar-refractivity contribution in [2.75, 3.05) is 26.1 Å². The summed E-state index contributed by atoms with van der Waals surface area (Å²) in [5, 5.41) is 0.852. The van der Waals surface area contributed by atoms with Gasteiger partial charge < -0.3 is 14.4 Å². The minimum atomic E-state index is -0.156. The topological polar surface area (TPSA) is 42.4 Å². The van der Waals surface area contributed by atoms with Gasteiger partial charge in [0.25, 0.3) is 0 Å². The molecule has 0 aliphatic heterocycles. The third-order valence-electron chi connectivity index (χ3n) is 1.80. The Hall–Kier alpha value is -1.10. The second-order valence-corrected chi connectivity index (χ2v) is 4.20. The number of rotatable bonds is 4. The SMILES string of the molecule is COc1nc(N(C)C)sc1C(C)C=O. The van der Waals surface area contributed by atoms with Crippen molar-refractivity contribution >= 4 is 22.8 Å². The highest BCUT2D eigenvalue weighted by molar-refractivity contribution is 7.16. The molecule has 0 radical (unpaired) electrons. The highest BCUT2D eigenvalue weighted by atomic mass is 32.1. The van der Waals surface area contributed by atoms with Crippen LogP contribution in [0.5, 0.6) is 5.88 Å². The first kappa shape index (κ1) is 11.0. The molecular formula is C9H14N2O2S. The molecule has 1 unspecified atom stereocenters. The van der Waals surface area contributed by atoms with E-state index in [1.54, 1.807) is 7.11 Å². The number of aromatic nitrogens is 1. The lowest BCUT2D eigenvalue weighted by Gasteiger charge is -2.04. The smallest absolute Gasteiger partial charge is 0.230 e. The first-order valence-electron chi connectivity index (χ1n) is 4.27. The van der Waals surface area contributed by atoms with Crippen LogP contribution in [0, 0.1) is 0 Å². The lowest BCUT2D eigenvalue weighted by Crippen LogP contribution is -2.07. The van der Waals surface area contributed by atoms with Gasteiger partial charge in [0.05, 0.1) is 17.9 Å². The normalized spacial score (nSPS) is 12.3. The van der Waals surface area contributed by atoms with Crippen LogP contribution in [0.3, 0.4) is 0 Å². The van der Waals surface area contributed by atoms with Crippen LogP contribution in [0.15, 0.2) is 0 Å². The van der Waals surface area contributed by atoms with E-state index < -0.39 is 0 Å². The third-order valence-corrected chi connectivity index (χ3v) is 3.21. The Kier molecular flexibility index (Phi) is 3.46. The van der Waals surface area contributed by atoms with Crippen molar-refractivity contribution in [1.29, 1.82) is 0 Å². The number of carbonyl (C=O) groups is 1. The average molecular weight is 214 g/mol. The van der Waals surface area contributed by atoms with E-state index in [0.717, 1.165) is 16.3 Å². The molecule has 0 bridgehead atoms. The molecule has 0 fully saturated rings. The summed E-state index contributed by atoms with van der Waals surface area (Å²) in [4.78, 5) is 17.7. The average Bonchev–Trinajstić information content (AvgIpc) is 2.60. The second kappa shape index (κ2) is 4.41. The summed E-state index contributed by atoms with van der Waals surface area (Å²) in [6, 6.07) is 0. The number of methoxy groups -OCH3 is 1. The van der Waals surface area contributed by atoms with Crippen molar-refractivity contribution in [1.82, 2.24) is 4.98 Å². The van der Waals surface area contributed by atoms with Gasteiger partial charge in [-0.25, -0.2) is 0 Å². The van der Waals surface area contributed by atoms with Crippen LogP contribution >= 0.6 is 11.3 Å². The van der Waals surface area contributed by atoms with Crippen LogP contribution in [0.4, 0.5) is 5.13 Å². The Morgan fingerprint density at radius 3 is 2.64 bits per heavy atom. The van der Waals surface area contributed by atoms with E-state index >= 15 is 0 Å². The van der Waals surface area contributed by atoms with Gasteiger partial charge in [-0.15, -0.1) is 0 Å². The van der Waals surface area contributed by atoms with Gasteiger partial charge in [0.1, 0.15) is 6.29 Å². The maximum atomic E-state index is 10.7. The molecule has 0 saturated carbocycles. The molecule has 14 heavy (non-hydrogen) atoms. The van der Waals surface area contributed by atoms with Crippen molar-refractivity contribution in [2.24, 2.45) is 0 Å². The number of anilines is 1. The zero-order valence-electron chi connectivity index (χ0n) is 8.77. The number of thiazole rings is 1. The molecule has 1 aromatic rings. The Morgan fingerprint density at radius 2 is 2.21 bits per heavy atom. The summed E-state index contributed by atoms with van der Waals surface area (Å²) < 4.78 is 5.11. The Morgan fingerprint density at radius 1 is 1.57 bits per heavy atom. The molecule has 0 saturated heterocycles. The number of carbonyl (C=O) groups excluding carboxylic acids is 1. The van der Waals surface area contributed by atoms with Gasteiger partial charge in [-0.1, -0.05) is 18.3 Å². The third kappa shape index (κ3) is 2.04. The number of hydrogen-bond acceptors (Lipinski definition) is 5. The summed E-state index contributed by atoms with van der Waals surface area (Å²) in [6.07, 6.45) is 0.898. The van der Waals surface area contributed by atoms with Crippen LogP contribution in [-0.2, 0) is 4.79 Å². The Balaban J connectivity index is 3.08. The molecule has 1 rings (SSSR count). The van der Waals surface area contributed by atoms with Crippen molar-refractivity contribution in [3.05, 3.63) is 4.88 Å². The fourth-order valence-electron chi connectivity index (χ4n) is 0.994. The molecule has 0 aliphatic carbocycles. The van der Waals surface area contributed by atoms with Gasteiger partial charge in [0, 0.05) is 14.1 Å². The number of aldehydes is 1. The zero-order chi connectivity index (χ0) is 10.7. The lowest BCUT2D eigenvalue weighted by molar-refractivity contribution is -0.108. The standard InChI is InChI=1S/C9H14N2O2S/c1-6(5-12)7-8(13-4)10-9(14-7)11(2)3/h5-6H,1-4H3. The molecule has 0 spiro atoms. The maximum Gasteiger partial charge on any atom is 0.230 e. The van der Waals surface area contributed by atoms with E-state index in [1.165, 1.54) is 11.3 Å². The van der Waals surface area contributed by atoms with Crippen LogP contribution in [0.25, 0.3) is 0 Å². The van der Waals surface area contributed by atoms with Gasteiger partial charge in [0.15, 0.2) is 5.13 Å². The summed E-state index contributed by atoms with van der Waals surface area (Å²) >= 11 is 1.48. The van der Waals surface area contributed by atoms with Gasteiger partial charge in [-0.05, 0) is 0 Å². The van der Waals surface area contributed by atoms with Crippen molar-refractivity contribution < 1.29 is 9.53 Å². The van der Waals surface area contributed by atoms with Crippen molar-refractivity contribution in [3.63, 3.8) is 0 Å². The number of ether oxygens (including phenoxy) is 1. The van der Waals surface area contributed by atoms with Crippen LogP contribution in [0.1, 0.15) is 17.7 Å². The fourth-order valence-corrected chi connectivity index (χ4v) is 1.96. The Bertz CT molecular complexity index is 323. The van der Waals surface area contributed by atoms with E-state index in [0.29, 0.717) is 5.88 Å². The van der Waals surface area contributed by atoms with Gasteiger partial charge in [-0.3, -0.25) is 0 Å². The molecular weight excluding hydrogens is 200 g/mol. The van der Waals surface area contributed by atoms with Crippen LogP contribution in [-0.4, -0.2) is 32.5 Å². The van der Waals surface area contributed by atoms with E-state index in [9.17, 15) is 4.79 Å². The zero-order valence-corrected chi connectivity index (χ0v) is 9.59. The molecule has 1 atom stereocenters. The van der Waals surface area contributed by atoms with E-state index in [2.05, 4.69) is 4.98 Å². The van der Waals surface area contributed by atoms with Crippen LogP contribution < -0.4 is 9.64 Å². The monoisotopic (exact) mass is 214 g/mol. The predicted octanol–water partition coefficient (Wildman–Crippen LogP) is 1.52. The number of nitrogens with zero attached hydrogens (tertiary/aromatic N) is 2. The minimum absolute atomic E-state index is 0.156. The fraction of sp³-hybridized carbons (Fsp3) is 0.556. The Labute approximate surface area is 87.5 Å².